The number of aromatic nitrogens is 3. The van der Waals surface area contributed by atoms with Crippen LogP contribution in [0.25, 0.3) is 11.6 Å². The lowest BCUT2D eigenvalue weighted by Crippen LogP contribution is -2.40. The summed E-state index contributed by atoms with van der Waals surface area (Å²) in [6.45, 7) is 1.18. The number of amides is 1. The van der Waals surface area contributed by atoms with Crippen molar-refractivity contribution < 1.29 is 13.7 Å². The normalized spacial score (nSPS) is 16.9. The van der Waals surface area contributed by atoms with Gasteiger partial charge < -0.3 is 9.42 Å². The third-order valence-electron chi connectivity index (χ3n) is 4.82. The number of rotatable bonds is 4. The van der Waals surface area contributed by atoms with Crippen LogP contribution in [0.15, 0.2) is 47.1 Å². The van der Waals surface area contributed by atoms with Gasteiger partial charge in [-0.25, -0.2) is 4.39 Å². The summed E-state index contributed by atoms with van der Waals surface area (Å²) in [6.07, 6.45) is 3.53. The number of pyridine rings is 1. The van der Waals surface area contributed by atoms with E-state index in [1.807, 2.05) is 12.1 Å². The van der Waals surface area contributed by atoms with Crippen molar-refractivity contribution >= 4 is 17.5 Å². The molecule has 8 heteroatoms. The van der Waals surface area contributed by atoms with E-state index < -0.39 is 5.82 Å². The number of nitrogens with zero attached hydrogens (tertiary/aromatic N) is 4. The van der Waals surface area contributed by atoms with Gasteiger partial charge in [-0.05, 0) is 42.7 Å². The molecule has 1 amide bonds. The van der Waals surface area contributed by atoms with Crippen LogP contribution >= 0.6 is 11.6 Å². The standard InChI is InChI=1S/C20H18ClFN4O2/c21-16-11-15(22)7-6-13(16)10-18(27)26-9-3-4-14(12-26)19-24-20(28-25-19)17-5-1-2-8-23-17/h1-2,5-8,11,14H,3-4,9-10,12H2. The van der Waals surface area contributed by atoms with E-state index in [2.05, 4.69) is 15.1 Å². The van der Waals surface area contributed by atoms with Gasteiger partial charge in [-0.1, -0.05) is 28.9 Å². The molecule has 1 fully saturated rings. The first kappa shape index (κ1) is 18.6. The number of benzene rings is 1. The van der Waals surface area contributed by atoms with Gasteiger partial charge >= 0.3 is 0 Å². The van der Waals surface area contributed by atoms with Crippen LogP contribution in [-0.2, 0) is 11.2 Å². The first-order chi connectivity index (χ1) is 13.6. The van der Waals surface area contributed by atoms with Crippen LogP contribution in [-0.4, -0.2) is 39.0 Å². The molecule has 1 atom stereocenters. The molecule has 1 aliphatic rings. The van der Waals surface area contributed by atoms with Gasteiger partial charge in [0.2, 0.25) is 5.91 Å². The third kappa shape index (κ3) is 4.04. The highest BCUT2D eigenvalue weighted by Crippen LogP contribution is 2.27. The summed E-state index contributed by atoms with van der Waals surface area (Å²) in [5, 5.41) is 4.35. The van der Waals surface area contributed by atoms with Crippen molar-refractivity contribution in [3.05, 3.63) is 64.8 Å². The van der Waals surface area contributed by atoms with Crippen molar-refractivity contribution in [2.45, 2.75) is 25.2 Å². The highest BCUT2D eigenvalue weighted by atomic mass is 35.5. The average molecular weight is 401 g/mol. The first-order valence-electron chi connectivity index (χ1n) is 9.07. The molecule has 144 valence electrons. The van der Waals surface area contributed by atoms with Gasteiger partial charge in [0.25, 0.3) is 5.89 Å². The van der Waals surface area contributed by atoms with E-state index in [0.29, 0.717) is 36.1 Å². The minimum absolute atomic E-state index is 0.00241. The van der Waals surface area contributed by atoms with Crippen LogP contribution in [0.4, 0.5) is 4.39 Å². The molecular formula is C20H18ClFN4O2. The molecule has 0 spiro atoms. The molecule has 1 unspecified atom stereocenters. The van der Waals surface area contributed by atoms with Crippen molar-refractivity contribution in [2.24, 2.45) is 0 Å². The lowest BCUT2D eigenvalue weighted by atomic mass is 9.96. The Morgan fingerprint density at radius 1 is 1.32 bits per heavy atom. The Kier molecular flexibility index (Phi) is 5.34. The molecule has 1 saturated heterocycles. The van der Waals surface area contributed by atoms with E-state index in [4.69, 9.17) is 16.1 Å². The Hall–Kier alpha value is -2.80. The van der Waals surface area contributed by atoms with E-state index in [-0.39, 0.29) is 23.3 Å². The zero-order chi connectivity index (χ0) is 19.5. The maximum absolute atomic E-state index is 13.2. The Morgan fingerprint density at radius 3 is 3.00 bits per heavy atom. The topological polar surface area (TPSA) is 72.1 Å². The van der Waals surface area contributed by atoms with Crippen molar-refractivity contribution in [1.29, 1.82) is 0 Å². The number of carbonyl (C=O) groups excluding carboxylic acids is 1. The van der Waals surface area contributed by atoms with Crippen LogP contribution in [0, 0.1) is 5.82 Å². The van der Waals surface area contributed by atoms with Crippen molar-refractivity contribution in [1.82, 2.24) is 20.0 Å². The minimum Gasteiger partial charge on any atom is -0.342 e. The molecule has 0 aliphatic carbocycles. The fraction of sp³-hybridized carbons (Fsp3) is 0.300. The maximum Gasteiger partial charge on any atom is 0.276 e. The van der Waals surface area contributed by atoms with Gasteiger partial charge in [0, 0.05) is 30.2 Å². The molecule has 0 bridgehead atoms. The second-order valence-corrected chi connectivity index (χ2v) is 7.17. The van der Waals surface area contributed by atoms with Crippen molar-refractivity contribution in [2.75, 3.05) is 13.1 Å². The first-order valence-corrected chi connectivity index (χ1v) is 9.44. The quantitative estimate of drug-likeness (QED) is 0.664. The van der Waals surface area contributed by atoms with Crippen LogP contribution in [0.2, 0.25) is 5.02 Å². The van der Waals surface area contributed by atoms with Crippen LogP contribution < -0.4 is 0 Å². The highest BCUT2D eigenvalue weighted by Gasteiger charge is 2.28. The Labute approximate surface area is 166 Å². The Morgan fingerprint density at radius 2 is 2.21 bits per heavy atom. The van der Waals surface area contributed by atoms with Gasteiger partial charge in [-0.15, -0.1) is 0 Å². The number of likely N-dealkylation sites (tertiary alicyclic amines) is 1. The SMILES string of the molecule is O=C(Cc1ccc(F)cc1Cl)N1CCCC(c2noc(-c3ccccn3)n2)C1. The summed E-state index contributed by atoms with van der Waals surface area (Å²) in [7, 11) is 0. The molecule has 3 heterocycles. The zero-order valence-electron chi connectivity index (χ0n) is 15.0. The largest absolute Gasteiger partial charge is 0.342 e. The average Bonchev–Trinajstić information content (AvgIpc) is 3.21. The number of piperidine rings is 1. The van der Waals surface area contributed by atoms with Crippen LogP contribution in [0.5, 0.6) is 0 Å². The summed E-state index contributed by atoms with van der Waals surface area (Å²) in [5.41, 5.74) is 1.24. The minimum atomic E-state index is -0.417. The van der Waals surface area contributed by atoms with E-state index in [9.17, 15) is 9.18 Å². The fourth-order valence-electron chi connectivity index (χ4n) is 3.35. The summed E-state index contributed by atoms with van der Waals surface area (Å²) in [4.78, 5) is 23.2. The molecule has 28 heavy (non-hydrogen) atoms. The Bertz CT molecular complexity index is 979. The number of carbonyl (C=O) groups is 1. The smallest absolute Gasteiger partial charge is 0.276 e. The third-order valence-corrected chi connectivity index (χ3v) is 5.17. The zero-order valence-corrected chi connectivity index (χ0v) is 15.8. The van der Waals surface area contributed by atoms with Gasteiger partial charge in [0.1, 0.15) is 11.5 Å². The lowest BCUT2D eigenvalue weighted by molar-refractivity contribution is -0.131. The van der Waals surface area contributed by atoms with Gasteiger partial charge in [0.15, 0.2) is 5.82 Å². The van der Waals surface area contributed by atoms with E-state index in [1.54, 1.807) is 23.2 Å². The van der Waals surface area contributed by atoms with Crippen molar-refractivity contribution in [3.63, 3.8) is 0 Å². The molecule has 3 aromatic rings. The summed E-state index contributed by atoms with van der Waals surface area (Å²) in [5.74, 6) is 0.490. The van der Waals surface area contributed by atoms with Gasteiger partial charge in [-0.3, -0.25) is 9.78 Å². The molecule has 0 radical (unpaired) electrons. The monoisotopic (exact) mass is 400 g/mol. The molecule has 0 saturated carbocycles. The number of hydrogen-bond donors (Lipinski definition) is 0. The predicted octanol–water partition coefficient (Wildman–Crippen LogP) is 3.87. The molecular weight excluding hydrogens is 383 g/mol. The summed E-state index contributed by atoms with van der Waals surface area (Å²) < 4.78 is 18.5. The van der Waals surface area contributed by atoms with E-state index in [0.717, 1.165) is 12.8 Å². The second-order valence-electron chi connectivity index (χ2n) is 6.76. The highest BCUT2D eigenvalue weighted by molar-refractivity contribution is 6.31. The van der Waals surface area contributed by atoms with Crippen LogP contribution in [0.3, 0.4) is 0 Å². The summed E-state index contributed by atoms with van der Waals surface area (Å²) in [6, 6.07) is 9.57. The lowest BCUT2D eigenvalue weighted by Gasteiger charge is -2.31. The van der Waals surface area contributed by atoms with Gasteiger partial charge in [-0.2, -0.15) is 4.98 Å². The van der Waals surface area contributed by atoms with Gasteiger partial charge in [0.05, 0.1) is 6.42 Å². The van der Waals surface area contributed by atoms with Crippen molar-refractivity contribution in [3.8, 4) is 11.6 Å². The van der Waals surface area contributed by atoms with Crippen LogP contribution in [0.1, 0.15) is 30.1 Å². The predicted molar refractivity (Wildman–Crippen MR) is 101 cm³/mol. The Balaban J connectivity index is 1.44. The molecule has 1 aromatic carbocycles. The molecule has 0 N–H and O–H groups in total. The molecule has 1 aliphatic heterocycles. The number of halogens is 2. The molecule has 2 aromatic heterocycles. The summed E-state index contributed by atoms with van der Waals surface area (Å²) >= 11 is 6.05. The maximum atomic E-state index is 13.2. The fourth-order valence-corrected chi connectivity index (χ4v) is 3.58. The number of hydrogen-bond acceptors (Lipinski definition) is 5. The molecule has 4 rings (SSSR count). The molecule has 6 nitrogen and oxygen atoms in total. The van der Waals surface area contributed by atoms with E-state index >= 15 is 0 Å². The second kappa shape index (κ2) is 8.06. The van der Waals surface area contributed by atoms with E-state index in [1.165, 1.54) is 12.1 Å².